The van der Waals surface area contributed by atoms with Crippen molar-refractivity contribution in [1.82, 2.24) is 5.32 Å². The zero-order valence-electron chi connectivity index (χ0n) is 20.5. The summed E-state index contributed by atoms with van der Waals surface area (Å²) in [6.07, 6.45) is 1.14. The molecule has 1 aliphatic heterocycles. The molecule has 4 rings (SSSR count). The van der Waals surface area contributed by atoms with Gasteiger partial charge in [0.05, 0.1) is 23.1 Å². The standard InChI is InChI=1S/C27H29ClFNO4S/c1-6-33-26(32)23-14(2)30-19-11-27(4,5)12-20(31)24(19)25(23)22-9-16(15(3)35-22)13-34-21-8-7-17(29)10-18(21)28/h7-10,25,30H,6,11-13H2,1-5H3. The lowest BCUT2D eigenvalue weighted by Crippen LogP contribution is -2.38. The molecule has 1 N–H and O–H groups in total. The van der Waals surface area contributed by atoms with Crippen LogP contribution in [0.15, 0.2) is 46.8 Å². The first kappa shape index (κ1) is 25.5. The van der Waals surface area contributed by atoms with E-state index in [4.69, 9.17) is 21.1 Å². The highest BCUT2D eigenvalue weighted by Crippen LogP contribution is 2.48. The number of aryl methyl sites for hydroxylation is 1. The van der Waals surface area contributed by atoms with Crippen LogP contribution in [0.4, 0.5) is 4.39 Å². The fourth-order valence-corrected chi connectivity index (χ4v) is 6.16. The van der Waals surface area contributed by atoms with Crippen LogP contribution >= 0.6 is 22.9 Å². The molecule has 1 aromatic carbocycles. The second kappa shape index (κ2) is 9.78. The van der Waals surface area contributed by atoms with Gasteiger partial charge in [0.1, 0.15) is 18.2 Å². The lowest BCUT2D eigenvalue weighted by Gasteiger charge is -2.39. The molecule has 0 saturated carbocycles. The number of allylic oxidation sites excluding steroid dienone is 3. The van der Waals surface area contributed by atoms with Crippen LogP contribution < -0.4 is 10.1 Å². The molecule has 0 bridgehead atoms. The molecule has 0 spiro atoms. The number of hydrogen-bond donors (Lipinski definition) is 1. The number of nitrogens with one attached hydrogen (secondary N) is 1. The van der Waals surface area contributed by atoms with E-state index < -0.39 is 17.7 Å². The number of hydrogen-bond acceptors (Lipinski definition) is 6. The largest absolute Gasteiger partial charge is 0.487 e. The summed E-state index contributed by atoms with van der Waals surface area (Å²) in [5, 5.41) is 3.54. The van der Waals surface area contributed by atoms with Gasteiger partial charge in [0.25, 0.3) is 0 Å². The van der Waals surface area contributed by atoms with Gasteiger partial charge in [-0.1, -0.05) is 25.4 Å². The third kappa shape index (κ3) is 5.16. The molecule has 8 heteroatoms. The molecule has 5 nitrogen and oxygen atoms in total. The van der Waals surface area contributed by atoms with Crippen molar-refractivity contribution in [1.29, 1.82) is 0 Å². The van der Waals surface area contributed by atoms with E-state index in [1.54, 1.807) is 6.92 Å². The number of halogens is 2. The van der Waals surface area contributed by atoms with Crippen LogP contribution in [-0.4, -0.2) is 18.4 Å². The number of benzene rings is 1. The van der Waals surface area contributed by atoms with Crippen LogP contribution in [0.5, 0.6) is 5.75 Å². The second-order valence-corrected chi connectivity index (χ2v) is 11.4. The summed E-state index contributed by atoms with van der Waals surface area (Å²) in [5.41, 5.74) is 3.45. The van der Waals surface area contributed by atoms with E-state index in [2.05, 4.69) is 19.2 Å². The van der Waals surface area contributed by atoms with Crippen molar-refractivity contribution < 1.29 is 23.5 Å². The summed E-state index contributed by atoms with van der Waals surface area (Å²) in [6, 6.07) is 5.99. The lowest BCUT2D eigenvalue weighted by molar-refractivity contribution is -0.138. The van der Waals surface area contributed by atoms with Gasteiger partial charge in [-0.05, 0) is 56.9 Å². The highest BCUT2D eigenvalue weighted by atomic mass is 35.5. The molecular formula is C27H29ClFNO4S. The summed E-state index contributed by atoms with van der Waals surface area (Å²) in [4.78, 5) is 28.3. The maximum atomic E-state index is 13.4. The van der Waals surface area contributed by atoms with Crippen molar-refractivity contribution in [2.75, 3.05) is 6.61 Å². The smallest absolute Gasteiger partial charge is 0.336 e. The quantitative estimate of drug-likeness (QED) is 0.437. The Labute approximate surface area is 214 Å². The van der Waals surface area contributed by atoms with Gasteiger partial charge in [-0.25, -0.2) is 9.18 Å². The molecule has 2 aromatic rings. The van der Waals surface area contributed by atoms with E-state index >= 15 is 0 Å². The van der Waals surface area contributed by atoms with Gasteiger partial charge < -0.3 is 14.8 Å². The van der Waals surface area contributed by atoms with E-state index in [0.717, 1.165) is 27.4 Å². The zero-order valence-corrected chi connectivity index (χ0v) is 22.1. The van der Waals surface area contributed by atoms with Crippen LogP contribution in [-0.2, 0) is 20.9 Å². The first-order valence-electron chi connectivity index (χ1n) is 11.6. The van der Waals surface area contributed by atoms with Gasteiger partial charge >= 0.3 is 5.97 Å². The van der Waals surface area contributed by atoms with Crippen molar-refractivity contribution in [2.24, 2.45) is 5.41 Å². The predicted octanol–water partition coefficient (Wildman–Crippen LogP) is 6.60. The predicted molar refractivity (Wildman–Crippen MR) is 135 cm³/mol. The van der Waals surface area contributed by atoms with Gasteiger partial charge in [0.15, 0.2) is 5.78 Å². The monoisotopic (exact) mass is 517 g/mol. The van der Waals surface area contributed by atoms with Crippen molar-refractivity contribution in [2.45, 2.75) is 60.0 Å². The summed E-state index contributed by atoms with van der Waals surface area (Å²) in [6.45, 7) is 10.2. The van der Waals surface area contributed by atoms with Crippen LogP contribution in [0.1, 0.15) is 61.8 Å². The Morgan fingerprint density at radius 2 is 2.00 bits per heavy atom. The highest BCUT2D eigenvalue weighted by Gasteiger charge is 2.43. The Morgan fingerprint density at radius 3 is 2.69 bits per heavy atom. The van der Waals surface area contributed by atoms with Gasteiger partial charge in [-0.3, -0.25) is 4.79 Å². The Hall–Kier alpha value is -2.64. The lowest BCUT2D eigenvalue weighted by atomic mass is 9.70. The number of Topliss-reactive ketones (excluding diaryl/α,β-unsaturated/α-hetero) is 1. The Morgan fingerprint density at radius 1 is 1.26 bits per heavy atom. The van der Waals surface area contributed by atoms with Gasteiger partial charge in [0.2, 0.25) is 0 Å². The maximum Gasteiger partial charge on any atom is 0.336 e. The Kier molecular flexibility index (Phi) is 7.11. The molecule has 2 aliphatic rings. The highest BCUT2D eigenvalue weighted by molar-refractivity contribution is 7.12. The van der Waals surface area contributed by atoms with E-state index in [0.29, 0.717) is 29.0 Å². The van der Waals surface area contributed by atoms with Crippen molar-refractivity contribution in [3.63, 3.8) is 0 Å². The molecule has 0 amide bonds. The van der Waals surface area contributed by atoms with Crippen LogP contribution in [0.2, 0.25) is 5.02 Å². The summed E-state index contributed by atoms with van der Waals surface area (Å²) < 4.78 is 24.6. The topological polar surface area (TPSA) is 64.6 Å². The summed E-state index contributed by atoms with van der Waals surface area (Å²) in [7, 11) is 0. The molecule has 1 unspecified atom stereocenters. The number of esters is 1. The van der Waals surface area contributed by atoms with Gasteiger partial charge in [0, 0.05) is 38.7 Å². The molecule has 0 saturated heterocycles. The fourth-order valence-electron chi connectivity index (χ4n) is 4.78. The molecule has 35 heavy (non-hydrogen) atoms. The minimum Gasteiger partial charge on any atom is -0.487 e. The van der Waals surface area contributed by atoms with Gasteiger partial charge in [-0.15, -0.1) is 11.3 Å². The molecule has 0 radical (unpaired) electrons. The van der Waals surface area contributed by atoms with Crippen molar-refractivity contribution in [3.05, 3.63) is 73.0 Å². The Bertz CT molecular complexity index is 1260. The minimum absolute atomic E-state index is 0.0463. The molecule has 1 aromatic heterocycles. The average Bonchev–Trinajstić information content (AvgIpc) is 3.11. The van der Waals surface area contributed by atoms with Crippen LogP contribution in [0.3, 0.4) is 0 Å². The minimum atomic E-state index is -0.499. The number of rotatable bonds is 6. The van der Waals surface area contributed by atoms with Gasteiger partial charge in [-0.2, -0.15) is 0 Å². The first-order valence-corrected chi connectivity index (χ1v) is 12.8. The molecule has 1 atom stereocenters. The average molecular weight is 518 g/mol. The van der Waals surface area contributed by atoms with E-state index in [1.165, 1.54) is 29.5 Å². The second-order valence-electron chi connectivity index (χ2n) is 9.74. The van der Waals surface area contributed by atoms with Crippen LogP contribution in [0, 0.1) is 18.2 Å². The molecular weight excluding hydrogens is 489 g/mol. The fraction of sp³-hybridized carbons (Fsp3) is 0.407. The van der Waals surface area contributed by atoms with Crippen molar-refractivity contribution >= 4 is 34.7 Å². The number of thiophene rings is 1. The third-order valence-electron chi connectivity index (χ3n) is 6.34. The number of dihydropyridines is 1. The number of carbonyl (C=O) groups is 2. The first-order chi connectivity index (χ1) is 16.5. The number of ketones is 1. The van der Waals surface area contributed by atoms with E-state index in [1.807, 2.05) is 19.9 Å². The van der Waals surface area contributed by atoms with E-state index in [-0.39, 0.29) is 29.4 Å². The third-order valence-corrected chi connectivity index (χ3v) is 7.79. The normalized spacial score (nSPS) is 19.4. The van der Waals surface area contributed by atoms with Crippen molar-refractivity contribution in [3.8, 4) is 5.75 Å². The molecule has 0 fully saturated rings. The molecule has 1 aliphatic carbocycles. The van der Waals surface area contributed by atoms with Crippen LogP contribution in [0.25, 0.3) is 0 Å². The summed E-state index contributed by atoms with van der Waals surface area (Å²) >= 11 is 7.64. The zero-order chi connectivity index (χ0) is 25.5. The maximum absolute atomic E-state index is 13.4. The Balaban J connectivity index is 1.73. The number of ether oxygens (including phenoxy) is 2. The molecule has 186 valence electrons. The van der Waals surface area contributed by atoms with E-state index in [9.17, 15) is 14.0 Å². The SMILES string of the molecule is CCOC(=O)C1=C(C)NC2=C(C(=O)CC(C)(C)C2)C1c1cc(COc2ccc(F)cc2Cl)c(C)s1. The summed E-state index contributed by atoms with van der Waals surface area (Å²) in [5.74, 6) is -0.917. The molecule has 2 heterocycles. The number of carbonyl (C=O) groups excluding carboxylic acids is 2.